The number of ether oxygens (including phenoxy) is 6. The van der Waals surface area contributed by atoms with Gasteiger partial charge >= 0.3 is 5.97 Å². The number of esters is 1. The molecule has 0 bridgehead atoms. The lowest BCUT2D eigenvalue weighted by molar-refractivity contribution is -0.290. The number of sulfonamides is 1. The molecule has 19 nitrogen and oxygen atoms in total. The lowest BCUT2D eigenvalue weighted by Gasteiger charge is -2.47. The molecule has 1 aromatic carbocycles. The molecule has 6 N–H and O–H groups in total. The maximum absolute atomic E-state index is 14.9. The zero-order valence-corrected chi connectivity index (χ0v) is 46.9. The van der Waals surface area contributed by atoms with E-state index in [0.717, 1.165) is 10.0 Å². The van der Waals surface area contributed by atoms with E-state index in [1.54, 1.807) is 44.8 Å². The van der Waals surface area contributed by atoms with Crippen LogP contribution < -0.4 is 11.0 Å². The summed E-state index contributed by atoms with van der Waals surface area (Å²) in [6.07, 6.45) is -3.70. The second-order valence-electron chi connectivity index (χ2n) is 22.4. The first-order valence-corrected chi connectivity index (χ1v) is 27.7. The summed E-state index contributed by atoms with van der Waals surface area (Å²) in [5.74, 6) is -2.63. The third kappa shape index (κ3) is 14.7. The Balaban J connectivity index is 1.38. The second kappa shape index (κ2) is 25.7. The molecule has 5 rings (SSSR count). The van der Waals surface area contributed by atoms with Crippen molar-refractivity contribution in [2.75, 3.05) is 55.1 Å². The van der Waals surface area contributed by atoms with Crippen LogP contribution in [0.2, 0.25) is 0 Å². The molecule has 3 fully saturated rings. The molecule has 19 atom stereocenters. The Hall–Kier alpha value is -2.61. The summed E-state index contributed by atoms with van der Waals surface area (Å²) in [6.45, 7) is 18.4. The standard InChI is InChI=1S/C52H91FN6O13S/c1-16-42-52(10,64)48(61)35(7)58(14)28-30(2)26-51(9,63)49(33(5)46(34(6)50(62)70-42)71-43-23-31(3)45(60)36(8)69-43)72-44-25-39(24-32(4)68-44)57(13)22-21-38-29-59(55-54-38)41(27-53)47(67-15)37-17-19-40(20-18-37)73(65,66)56(11)12/h17-20,29-36,39,41-49,54-55,60-61,63-64H,16,21-28H2,1-15H3/t30-,31+,32-,33+,34-,35-,36+,39+,41-,42-,43?,44+,45-,46+,47-,48-,49-,51-,52-/m1/s1. The number of likely N-dealkylation sites (N-methyl/N-ethyl adjacent to an activating group) is 1. The number of methoxy groups -OCH3 is 1. The van der Waals surface area contributed by atoms with Crippen LogP contribution in [0.4, 0.5) is 4.39 Å². The normalized spacial score (nSPS) is 38.8. The predicted octanol–water partition coefficient (Wildman–Crippen LogP) is 4.06. The first-order chi connectivity index (χ1) is 34.1. The Kier molecular flexibility index (Phi) is 21.6. The van der Waals surface area contributed by atoms with Crippen molar-refractivity contribution in [2.45, 2.75) is 203 Å². The van der Waals surface area contributed by atoms with E-state index in [0.29, 0.717) is 44.3 Å². The number of rotatable bonds is 16. The van der Waals surface area contributed by atoms with Crippen LogP contribution in [-0.4, -0.2) is 194 Å². The molecule has 4 aliphatic rings. The van der Waals surface area contributed by atoms with Gasteiger partial charge in [0, 0.05) is 83.5 Å². The number of cyclic esters (lactones) is 1. The van der Waals surface area contributed by atoms with Crippen molar-refractivity contribution in [3.8, 4) is 0 Å². The second-order valence-corrected chi connectivity index (χ2v) is 24.5. The SMILES string of the molecule is CC[C@H]1OC(=O)[C@H](C)[C@@H](OC2C[C@H](C)[C@@H](O)[C@H](C)O2)[C@H](C)[C@@H](O[C@H]2C[C@@H](N(C)CCC3=CN([C@H](CF)[C@H](OC)c4ccc(S(=O)(=O)N(C)C)cc4)NN3)C[C@@H](C)O2)[C@](C)(O)C[C@@H](C)CN(C)[C@H](C)[C@@H](O)[C@]1(C)O. The molecule has 420 valence electrons. The molecule has 0 saturated carbocycles. The number of halogens is 1. The summed E-state index contributed by atoms with van der Waals surface area (Å²) < 4.78 is 79.8. The Bertz CT molecular complexity index is 2040. The van der Waals surface area contributed by atoms with Crippen molar-refractivity contribution in [2.24, 2.45) is 23.7 Å². The molecule has 0 radical (unpaired) electrons. The minimum atomic E-state index is -3.65. The van der Waals surface area contributed by atoms with Gasteiger partial charge in [-0.2, -0.15) is 0 Å². The molecule has 3 saturated heterocycles. The number of aliphatic hydroxyl groups excluding tert-OH is 2. The van der Waals surface area contributed by atoms with E-state index in [4.69, 9.17) is 28.4 Å². The van der Waals surface area contributed by atoms with Gasteiger partial charge in [-0.15, -0.1) is 5.53 Å². The number of hydrogen-bond donors (Lipinski definition) is 6. The Morgan fingerprint density at radius 3 is 2.19 bits per heavy atom. The smallest absolute Gasteiger partial charge is 0.311 e. The summed E-state index contributed by atoms with van der Waals surface area (Å²) in [5, 5.41) is 48.7. The van der Waals surface area contributed by atoms with E-state index in [1.165, 1.54) is 40.3 Å². The molecule has 0 aliphatic carbocycles. The molecule has 4 heterocycles. The Labute approximate surface area is 435 Å². The number of nitrogens with one attached hydrogen (secondary N) is 2. The third-order valence-electron chi connectivity index (χ3n) is 16.0. The molecular formula is C52H91FN6O13S. The number of carbonyl (C=O) groups is 1. The Morgan fingerprint density at radius 1 is 0.959 bits per heavy atom. The number of hydrazine groups is 2. The van der Waals surface area contributed by atoms with E-state index in [1.807, 2.05) is 59.8 Å². The molecule has 1 aromatic rings. The minimum absolute atomic E-state index is 0.0108. The molecule has 0 amide bonds. The number of aliphatic hydroxyl groups is 4. The van der Waals surface area contributed by atoms with Gasteiger partial charge in [0.05, 0.1) is 46.9 Å². The maximum Gasteiger partial charge on any atom is 0.311 e. The summed E-state index contributed by atoms with van der Waals surface area (Å²) >= 11 is 0. The van der Waals surface area contributed by atoms with Crippen molar-refractivity contribution in [3.05, 3.63) is 41.7 Å². The topological polar surface area (TPSA) is 225 Å². The number of nitrogens with zero attached hydrogens (tertiary/aromatic N) is 4. The highest BCUT2D eigenvalue weighted by Gasteiger charge is 2.50. The van der Waals surface area contributed by atoms with Crippen LogP contribution >= 0.6 is 0 Å². The largest absolute Gasteiger partial charge is 0.459 e. The van der Waals surface area contributed by atoms with E-state index < -0.39 is 113 Å². The van der Waals surface area contributed by atoms with Gasteiger partial charge in [0.2, 0.25) is 10.0 Å². The number of carbonyl (C=O) groups excluding carboxylic acids is 1. The summed E-state index contributed by atoms with van der Waals surface area (Å²) in [4.78, 5) is 18.7. The van der Waals surface area contributed by atoms with E-state index in [2.05, 4.69) is 15.9 Å². The highest BCUT2D eigenvalue weighted by atomic mass is 32.2. The van der Waals surface area contributed by atoms with Crippen LogP contribution in [0.25, 0.3) is 0 Å². The van der Waals surface area contributed by atoms with Gasteiger partial charge in [-0.05, 0) is 104 Å². The van der Waals surface area contributed by atoms with Gasteiger partial charge in [0.25, 0.3) is 0 Å². The van der Waals surface area contributed by atoms with Gasteiger partial charge in [-0.3, -0.25) is 9.80 Å². The zero-order valence-electron chi connectivity index (χ0n) is 46.1. The molecular weight excluding hydrogens is 968 g/mol. The highest BCUT2D eigenvalue weighted by Crippen LogP contribution is 2.39. The van der Waals surface area contributed by atoms with Crippen molar-refractivity contribution >= 4 is 16.0 Å². The number of benzene rings is 1. The molecule has 0 spiro atoms. The van der Waals surface area contributed by atoms with Crippen LogP contribution in [0.1, 0.15) is 119 Å². The molecule has 73 heavy (non-hydrogen) atoms. The van der Waals surface area contributed by atoms with Crippen LogP contribution in [0, 0.1) is 23.7 Å². The molecule has 1 unspecified atom stereocenters. The quantitative estimate of drug-likeness (QED) is 0.128. The summed E-state index contributed by atoms with van der Waals surface area (Å²) in [5.41, 5.74) is 4.35. The summed E-state index contributed by atoms with van der Waals surface area (Å²) in [6, 6.07) is 4.91. The lowest BCUT2D eigenvalue weighted by atomic mass is 9.77. The number of alkyl halides is 1. The van der Waals surface area contributed by atoms with Gasteiger partial charge in [-0.1, -0.05) is 39.8 Å². The fourth-order valence-electron chi connectivity index (χ4n) is 11.4. The van der Waals surface area contributed by atoms with Crippen molar-refractivity contribution in [1.29, 1.82) is 0 Å². The predicted molar refractivity (Wildman–Crippen MR) is 273 cm³/mol. The van der Waals surface area contributed by atoms with Crippen molar-refractivity contribution in [1.82, 2.24) is 30.1 Å². The van der Waals surface area contributed by atoms with E-state index in [-0.39, 0.29) is 41.7 Å². The highest BCUT2D eigenvalue weighted by molar-refractivity contribution is 7.89. The molecule has 4 aliphatic heterocycles. The van der Waals surface area contributed by atoms with E-state index >= 15 is 0 Å². The van der Waals surface area contributed by atoms with Crippen LogP contribution in [0.15, 0.2) is 41.1 Å². The fourth-order valence-corrected chi connectivity index (χ4v) is 12.3. The number of hydrogen-bond acceptors (Lipinski definition) is 18. The Morgan fingerprint density at radius 2 is 1.60 bits per heavy atom. The van der Waals surface area contributed by atoms with Gasteiger partial charge in [0.15, 0.2) is 12.6 Å². The van der Waals surface area contributed by atoms with Gasteiger partial charge in [0.1, 0.15) is 36.6 Å². The van der Waals surface area contributed by atoms with Gasteiger partial charge < -0.3 is 64.1 Å². The fraction of sp³-hybridized carbons (Fsp3) is 0.827. The average Bonchev–Trinajstić information content (AvgIpc) is 3.80. The van der Waals surface area contributed by atoms with Gasteiger partial charge in [-0.25, -0.2) is 17.1 Å². The monoisotopic (exact) mass is 1060 g/mol. The third-order valence-corrected chi connectivity index (χ3v) is 17.9. The van der Waals surface area contributed by atoms with Crippen molar-refractivity contribution < 1.29 is 66.5 Å². The first kappa shape index (κ1) is 61.2. The van der Waals surface area contributed by atoms with E-state index in [9.17, 15) is 38.0 Å². The minimum Gasteiger partial charge on any atom is -0.459 e. The van der Waals surface area contributed by atoms with Crippen molar-refractivity contribution in [3.63, 3.8) is 0 Å². The zero-order chi connectivity index (χ0) is 54.5. The van der Waals surface area contributed by atoms with Crippen LogP contribution in [-0.2, 0) is 43.2 Å². The summed E-state index contributed by atoms with van der Waals surface area (Å²) in [7, 11) is 4.66. The molecule has 21 heteroatoms. The maximum atomic E-state index is 14.9. The van der Waals surface area contributed by atoms with Crippen LogP contribution in [0.5, 0.6) is 0 Å². The molecule has 0 aromatic heterocycles. The average molecular weight is 1060 g/mol. The first-order valence-electron chi connectivity index (χ1n) is 26.2. The lowest BCUT2D eigenvalue weighted by Crippen LogP contribution is -2.59. The van der Waals surface area contributed by atoms with Crippen LogP contribution in [0.3, 0.4) is 0 Å².